The maximum Gasteiger partial charge on any atom is 0.287 e. The van der Waals surface area contributed by atoms with Crippen LogP contribution in [-0.2, 0) is 10.0 Å². The molecule has 1 heterocycles. The molecule has 0 bridgehead atoms. The molecule has 2 aromatic rings. The number of ether oxygens (including phenoxy) is 1. The van der Waals surface area contributed by atoms with Crippen LogP contribution in [0.3, 0.4) is 0 Å². The van der Waals surface area contributed by atoms with Gasteiger partial charge in [-0.15, -0.1) is 0 Å². The summed E-state index contributed by atoms with van der Waals surface area (Å²) in [5.41, 5.74) is 1.15. The summed E-state index contributed by atoms with van der Waals surface area (Å²) in [5, 5.41) is 7.08. The molecule has 7 nitrogen and oxygen atoms in total. The molecule has 0 saturated carbocycles. The lowest BCUT2D eigenvalue weighted by atomic mass is 10.2. The lowest BCUT2D eigenvalue weighted by molar-refractivity contribution is 0.0918. The second kappa shape index (κ2) is 7.30. The van der Waals surface area contributed by atoms with Gasteiger partial charge in [0.25, 0.3) is 15.9 Å². The number of primary sulfonamides is 1. The summed E-state index contributed by atoms with van der Waals surface area (Å²) < 4.78 is 32.5. The molecule has 0 radical (unpaired) electrons. The quantitative estimate of drug-likeness (QED) is 0.742. The number of benzene rings is 1. The second-order valence-electron chi connectivity index (χ2n) is 4.93. The Morgan fingerprint density at radius 2 is 1.91 bits per heavy atom. The molecule has 0 aliphatic rings. The molecule has 1 aromatic carbocycles. The monoisotopic (exact) mass is 338 g/mol. The fraction of sp³-hybridized carbons (Fsp3) is 0.267. The number of carbonyl (C=O) groups is 1. The van der Waals surface area contributed by atoms with Crippen molar-refractivity contribution in [3.8, 4) is 5.75 Å². The number of hydrogen-bond donors (Lipinski definition) is 2. The van der Waals surface area contributed by atoms with Gasteiger partial charge < -0.3 is 14.5 Å². The van der Waals surface area contributed by atoms with E-state index in [-0.39, 0.29) is 5.76 Å². The number of furan rings is 1. The van der Waals surface area contributed by atoms with Crippen LogP contribution in [0.2, 0.25) is 0 Å². The fourth-order valence-electron chi connectivity index (χ4n) is 1.78. The van der Waals surface area contributed by atoms with E-state index in [1.807, 2.05) is 31.2 Å². The fourth-order valence-corrected chi connectivity index (χ4v) is 2.24. The SMILES string of the molecule is Cc1ccc(OCCCNC(=O)c2ccc(S(N)(=O)=O)o2)cc1. The van der Waals surface area contributed by atoms with Gasteiger partial charge in [-0.3, -0.25) is 4.79 Å². The number of nitrogens with one attached hydrogen (secondary N) is 1. The summed E-state index contributed by atoms with van der Waals surface area (Å²) in [6, 6.07) is 10.1. The van der Waals surface area contributed by atoms with Crippen LogP contribution in [0.25, 0.3) is 0 Å². The van der Waals surface area contributed by atoms with Crippen molar-refractivity contribution in [3.05, 3.63) is 47.7 Å². The van der Waals surface area contributed by atoms with Crippen molar-refractivity contribution < 1.29 is 22.4 Å². The zero-order valence-corrected chi connectivity index (χ0v) is 13.4. The zero-order chi connectivity index (χ0) is 16.9. The molecule has 0 aliphatic heterocycles. The Labute approximate surface area is 134 Å². The van der Waals surface area contributed by atoms with E-state index in [1.54, 1.807) is 0 Å². The Hall–Kier alpha value is -2.32. The molecular formula is C15H18N2O5S. The Morgan fingerprint density at radius 1 is 1.22 bits per heavy atom. The Balaban J connectivity index is 1.72. The van der Waals surface area contributed by atoms with Crippen LogP contribution in [0.4, 0.5) is 0 Å². The van der Waals surface area contributed by atoms with E-state index in [2.05, 4.69) is 5.32 Å². The number of amides is 1. The van der Waals surface area contributed by atoms with Crippen molar-refractivity contribution in [2.45, 2.75) is 18.4 Å². The van der Waals surface area contributed by atoms with Crippen LogP contribution in [0, 0.1) is 6.92 Å². The van der Waals surface area contributed by atoms with Crippen LogP contribution in [0.5, 0.6) is 5.75 Å². The number of aryl methyl sites for hydroxylation is 1. The molecule has 0 spiro atoms. The highest BCUT2D eigenvalue weighted by atomic mass is 32.2. The second-order valence-corrected chi connectivity index (χ2v) is 6.43. The highest BCUT2D eigenvalue weighted by Gasteiger charge is 2.16. The Bertz CT molecular complexity index is 765. The first-order chi connectivity index (χ1) is 10.9. The van der Waals surface area contributed by atoms with Crippen LogP contribution in [0.1, 0.15) is 22.5 Å². The minimum Gasteiger partial charge on any atom is -0.494 e. The maximum atomic E-state index is 11.8. The predicted octanol–water partition coefficient (Wildman–Crippen LogP) is 1.43. The van der Waals surface area contributed by atoms with E-state index in [1.165, 1.54) is 6.07 Å². The van der Waals surface area contributed by atoms with Gasteiger partial charge >= 0.3 is 0 Å². The highest BCUT2D eigenvalue weighted by molar-refractivity contribution is 7.89. The molecule has 0 atom stereocenters. The summed E-state index contributed by atoms with van der Waals surface area (Å²) in [4.78, 5) is 11.8. The lowest BCUT2D eigenvalue weighted by Gasteiger charge is -2.07. The summed E-state index contributed by atoms with van der Waals surface area (Å²) >= 11 is 0. The molecule has 0 aliphatic carbocycles. The van der Waals surface area contributed by atoms with E-state index >= 15 is 0 Å². The molecule has 23 heavy (non-hydrogen) atoms. The third-order valence-electron chi connectivity index (χ3n) is 2.98. The third-order valence-corrected chi connectivity index (χ3v) is 3.76. The molecule has 3 N–H and O–H groups in total. The zero-order valence-electron chi connectivity index (χ0n) is 12.6. The van der Waals surface area contributed by atoms with Crippen molar-refractivity contribution in [2.24, 2.45) is 5.14 Å². The van der Waals surface area contributed by atoms with Crippen molar-refractivity contribution in [3.63, 3.8) is 0 Å². The van der Waals surface area contributed by atoms with Crippen LogP contribution in [0.15, 0.2) is 45.9 Å². The topological polar surface area (TPSA) is 112 Å². The molecule has 2 rings (SSSR count). The van der Waals surface area contributed by atoms with E-state index < -0.39 is 21.0 Å². The van der Waals surface area contributed by atoms with Crippen LogP contribution >= 0.6 is 0 Å². The smallest absolute Gasteiger partial charge is 0.287 e. The lowest BCUT2D eigenvalue weighted by Crippen LogP contribution is -2.25. The largest absolute Gasteiger partial charge is 0.494 e. The standard InChI is InChI=1S/C15H18N2O5S/c1-11-3-5-12(6-4-11)21-10-2-9-17-15(18)13-7-8-14(22-13)23(16,19)20/h3-8H,2,9-10H2,1H3,(H,17,18)(H2,16,19,20). The summed E-state index contributed by atoms with van der Waals surface area (Å²) in [6.07, 6.45) is 0.600. The van der Waals surface area contributed by atoms with Gasteiger partial charge in [0.15, 0.2) is 5.76 Å². The molecule has 8 heteroatoms. The van der Waals surface area contributed by atoms with E-state index in [9.17, 15) is 13.2 Å². The molecular weight excluding hydrogens is 320 g/mol. The average molecular weight is 338 g/mol. The van der Waals surface area contributed by atoms with Gasteiger partial charge in [-0.05, 0) is 37.6 Å². The van der Waals surface area contributed by atoms with Crippen molar-refractivity contribution in [2.75, 3.05) is 13.2 Å². The average Bonchev–Trinajstić information content (AvgIpc) is 2.99. The van der Waals surface area contributed by atoms with Gasteiger partial charge in [0.05, 0.1) is 6.61 Å². The predicted molar refractivity (Wildman–Crippen MR) is 83.7 cm³/mol. The van der Waals surface area contributed by atoms with Gasteiger partial charge in [-0.1, -0.05) is 17.7 Å². The van der Waals surface area contributed by atoms with Gasteiger partial charge in [0.1, 0.15) is 5.75 Å². The van der Waals surface area contributed by atoms with Gasteiger partial charge in [-0.2, -0.15) is 0 Å². The minimum absolute atomic E-state index is 0.103. The number of nitrogens with two attached hydrogens (primary N) is 1. The van der Waals surface area contributed by atoms with Crippen molar-refractivity contribution in [1.82, 2.24) is 5.32 Å². The Kier molecular flexibility index (Phi) is 5.41. The summed E-state index contributed by atoms with van der Waals surface area (Å²) in [6.45, 7) is 2.81. The molecule has 1 aromatic heterocycles. The molecule has 0 saturated heterocycles. The number of hydrogen-bond acceptors (Lipinski definition) is 5. The normalized spacial score (nSPS) is 11.2. The third kappa shape index (κ3) is 5.11. The molecule has 0 fully saturated rings. The molecule has 1 amide bonds. The number of rotatable bonds is 7. The van der Waals surface area contributed by atoms with Crippen LogP contribution in [-0.4, -0.2) is 27.5 Å². The minimum atomic E-state index is -3.95. The summed E-state index contributed by atoms with van der Waals surface area (Å²) in [7, 11) is -3.95. The van der Waals surface area contributed by atoms with Crippen LogP contribution < -0.4 is 15.2 Å². The van der Waals surface area contributed by atoms with Gasteiger partial charge in [0.2, 0.25) is 5.09 Å². The van der Waals surface area contributed by atoms with Gasteiger partial charge in [-0.25, -0.2) is 13.6 Å². The summed E-state index contributed by atoms with van der Waals surface area (Å²) in [5.74, 6) is 0.162. The Morgan fingerprint density at radius 3 is 2.52 bits per heavy atom. The first kappa shape index (κ1) is 17.0. The molecule has 0 unspecified atom stereocenters. The maximum absolute atomic E-state index is 11.8. The van der Waals surface area contributed by atoms with E-state index in [0.717, 1.165) is 17.4 Å². The van der Waals surface area contributed by atoms with Crippen molar-refractivity contribution in [1.29, 1.82) is 0 Å². The first-order valence-corrected chi connectivity index (χ1v) is 8.51. The number of sulfonamides is 1. The number of carbonyl (C=O) groups excluding carboxylic acids is 1. The van der Waals surface area contributed by atoms with E-state index in [4.69, 9.17) is 14.3 Å². The first-order valence-electron chi connectivity index (χ1n) is 6.96. The molecule has 124 valence electrons. The highest BCUT2D eigenvalue weighted by Crippen LogP contribution is 2.12. The van der Waals surface area contributed by atoms with E-state index in [0.29, 0.717) is 19.6 Å². The van der Waals surface area contributed by atoms with Gasteiger partial charge in [0, 0.05) is 6.54 Å². The van der Waals surface area contributed by atoms with Crippen molar-refractivity contribution >= 4 is 15.9 Å².